The van der Waals surface area contributed by atoms with Crippen LogP contribution < -0.4 is 0 Å². The van der Waals surface area contributed by atoms with E-state index >= 15 is 0 Å². The summed E-state index contributed by atoms with van der Waals surface area (Å²) in [6.45, 7) is 12.9. The van der Waals surface area contributed by atoms with Crippen LogP contribution in [0.3, 0.4) is 0 Å². The van der Waals surface area contributed by atoms with Crippen LogP contribution in [0, 0.1) is 22.7 Å². The number of ether oxygens (including phenoxy) is 17. The van der Waals surface area contributed by atoms with E-state index in [1.54, 1.807) is 7.11 Å². The molecule has 2 spiro atoms. The average Bonchev–Trinajstić information content (AvgIpc) is 3.99. The molecule has 6 rings (SSSR count). The predicted octanol–water partition coefficient (Wildman–Crippen LogP) is 3.28. The van der Waals surface area contributed by atoms with Crippen molar-refractivity contribution < 1.29 is 120 Å². The Bertz CT molecular complexity index is 1800. The molecule has 25 heteroatoms. The number of rotatable bonds is 24. The number of carbonyl (C=O) groups is 6. The molecular formula is C51H82O25. The van der Waals surface area contributed by atoms with E-state index in [0.29, 0.717) is 110 Å². The minimum absolute atomic E-state index is 0. The van der Waals surface area contributed by atoms with Crippen LogP contribution in [0.1, 0.15) is 99.3 Å². The molecule has 0 aliphatic carbocycles. The number of allylic oxidation sites excluding steroid dienone is 2. The predicted molar refractivity (Wildman–Crippen MR) is 259 cm³/mol. The van der Waals surface area contributed by atoms with Gasteiger partial charge in [-0.2, -0.15) is 0 Å². The van der Waals surface area contributed by atoms with E-state index in [1.165, 1.54) is 7.11 Å². The highest BCUT2D eigenvalue weighted by molar-refractivity contribution is 5.84. The number of aliphatic hydroxyl groups excluding tert-OH is 2. The van der Waals surface area contributed by atoms with Crippen molar-refractivity contribution in [1.82, 2.24) is 0 Å². The van der Waals surface area contributed by atoms with Gasteiger partial charge in [-0.15, -0.1) is 0 Å². The first-order valence-corrected chi connectivity index (χ1v) is 25.4. The molecule has 0 saturated carbocycles. The summed E-state index contributed by atoms with van der Waals surface area (Å²) in [5, 5.41) is 17.2. The lowest BCUT2D eigenvalue weighted by Crippen LogP contribution is -2.60. The molecule has 0 amide bonds. The van der Waals surface area contributed by atoms with Gasteiger partial charge in [-0.25, -0.2) is 0 Å². The Balaban J connectivity index is 0.000000348. The second kappa shape index (κ2) is 33.4. The fourth-order valence-corrected chi connectivity index (χ4v) is 7.68. The minimum Gasteiger partial charge on any atom is -0.465 e. The molecule has 25 nitrogen and oxygen atoms in total. The Morgan fingerprint density at radius 3 is 1.39 bits per heavy atom. The number of cyclic esters (lactones) is 2. The maximum absolute atomic E-state index is 12.5. The molecule has 76 heavy (non-hydrogen) atoms. The molecule has 0 bridgehead atoms. The van der Waals surface area contributed by atoms with Gasteiger partial charge in [0.25, 0.3) is 24.5 Å². The topological polar surface area (TPSA) is 300 Å². The molecule has 6 fully saturated rings. The first kappa shape index (κ1) is 65.4. The smallest absolute Gasteiger partial charge is 0.317 e. The lowest BCUT2D eigenvalue weighted by molar-refractivity contribution is -0.379. The number of hydrogen-bond donors (Lipinski definition) is 2. The molecule has 6 heterocycles. The minimum atomic E-state index is -1.28. The first-order valence-electron chi connectivity index (χ1n) is 25.4. The van der Waals surface area contributed by atoms with Gasteiger partial charge in [-0.05, 0) is 38.8 Å². The fraction of sp³-hybridized carbons (Fsp3) is 0.804. The molecule has 0 aromatic carbocycles. The van der Waals surface area contributed by atoms with E-state index in [1.807, 2.05) is 39.8 Å². The van der Waals surface area contributed by atoms with Crippen LogP contribution >= 0.6 is 0 Å². The normalized spacial score (nSPS) is 28.4. The molecule has 0 radical (unpaired) electrons. The van der Waals surface area contributed by atoms with Crippen molar-refractivity contribution in [3.05, 3.63) is 24.0 Å². The van der Waals surface area contributed by atoms with Gasteiger partial charge >= 0.3 is 35.8 Å². The number of aliphatic hydroxyl groups is 2. The molecule has 436 valence electrons. The molecule has 6 aliphatic heterocycles. The van der Waals surface area contributed by atoms with Gasteiger partial charge in [0.15, 0.2) is 11.6 Å². The second-order valence-electron chi connectivity index (χ2n) is 18.5. The van der Waals surface area contributed by atoms with Crippen molar-refractivity contribution in [1.29, 1.82) is 0 Å². The Morgan fingerprint density at radius 1 is 0.566 bits per heavy atom. The maximum Gasteiger partial charge on any atom is 0.317 e. The Labute approximate surface area is 444 Å². The molecule has 6 aliphatic rings. The largest absolute Gasteiger partial charge is 0.465 e. The van der Waals surface area contributed by atoms with Crippen LogP contribution in [0.15, 0.2) is 24.0 Å². The SMILES string of the molecule is C.CC=C1OCC2(CO1)COC(=CC)OC2.CCC1(COC)OCC2(CO1)COC(CC)(COCCCOC(=O)C1CC(=O)OC1OC(=O)CCCOC)OC2.O=C(CCCO)OC1OC(=O)CC1C(=O)OCCCO. The van der Waals surface area contributed by atoms with E-state index in [4.69, 9.17) is 90.7 Å². The van der Waals surface area contributed by atoms with Crippen LogP contribution in [0.4, 0.5) is 0 Å². The highest BCUT2D eigenvalue weighted by Crippen LogP contribution is 2.39. The Morgan fingerprint density at radius 2 is 0.987 bits per heavy atom. The summed E-state index contributed by atoms with van der Waals surface area (Å²) in [6.07, 6.45) is 3.35. The molecule has 6 saturated heterocycles. The first-order chi connectivity index (χ1) is 36.1. The zero-order valence-corrected chi connectivity index (χ0v) is 44.1. The number of esters is 6. The van der Waals surface area contributed by atoms with Crippen LogP contribution in [0.2, 0.25) is 0 Å². The number of hydrogen-bond acceptors (Lipinski definition) is 25. The highest BCUT2D eigenvalue weighted by atomic mass is 16.8. The van der Waals surface area contributed by atoms with E-state index in [-0.39, 0.29) is 89.8 Å². The molecule has 4 atom stereocenters. The van der Waals surface area contributed by atoms with Gasteiger partial charge in [-0.3, -0.25) is 28.8 Å². The van der Waals surface area contributed by atoms with Crippen molar-refractivity contribution in [2.45, 2.75) is 123 Å². The van der Waals surface area contributed by atoms with Gasteiger partial charge < -0.3 is 90.7 Å². The quantitative estimate of drug-likeness (QED) is 0.0796. The summed E-state index contributed by atoms with van der Waals surface area (Å²) in [5.74, 6) is -6.27. The molecular weight excluding hydrogens is 1010 g/mol. The van der Waals surface area contributed by atoms with E-state index in [2.05, 4.69) is 0 Å². The van der Waals surface area contributed by atoms with E-state index in [0.717, 1.165) is 0 Å². The number of carbonyl (C=O) groups excluding carboxylic acids is 6. The van der Waals surface area contributed by atoms with Crippen molar-refractivity contribution in [3.63, 3.8) is 0 Å². The van der Waals surface area contributed by atoms with Crippen molar-refractivity contribution in [2.75, 3.05) is 120 Å². The van der Waals surface area contributed by atoms with Gasteiger partial charge in [-0.1, -0.05) is 21.3 Å². The highest BCUT2D eigenvalue weighted by Gasteiger charge is 2.51. The van der Waals surface area contributed by atoms with Crippen LogP contribution in [0.25, 0.3) is 0 Å². The standard InChI is InChI=1S/C27H44O13.C12H18O8.C11H16O4.CH4/c1-5-26(18-32-4)35-14-25(15-36-26)16-37-27(6-2,38-17-25)19-33-11-8-12-34-23(30)20-13-22(29)40-24(20)39-21(28)9-7-10-31-3;13-4-1-3-9(15)19-12-8(7-10(16)20-12)11(17)18-6-2-5-14;1-3-9-12-5-11(6-13-9)7-14-10(4-2)15-8-11;/h20,24H,5-19H2,1-4H3;8,12-14H,1-7H2;3-4H,5-8H2,1-2H3;1H4. The third-order valence-electron chi connectivity index (χ3n) is 12.4. The molecule has 0 aromatic heterocycles. The monoisotopic (exact) mass is 1090 g/mol. The second-order valence-corrected chi connectivity index (χ2v) is 18.5. The molecule has 0 aromatic rings. The third-order valence-corrected chi connectivity index (χ3v) is 12.4. The van der Waals surface area contributed by atoms with Crippen LogP contribution in [-0.4, -0.2) is 190 Å². The lowest BCUT2D eigenvalue weighted by Gasteiger charge is -2.50. The van der Waals surface area contributed by atoms with Gasteiger partial charge in [0.1, 0.15) is 56.9 Å². The van der Waals surface area contributed by atoms with E-state index in [9.17, 15) is 28.8 Å². The average molecular weight is 1100 g/mol. The fourth-order valence-electron chi connectivity index (χ4n) is 7.68. The van der Waals surface area contributed by atoms with Crippen molar-refractivity contribution >= 4 is 35.8 Å². The van der Waals surface area contributed by atoms with Gasteiger partial charge in [0, 0.05) is 72.6 Å². The summed E-state index contributed by atoms with van der Waals surface area (Å²) >= 11 is 0. The third kappa shape index (κ3) is 20.5. The zero-order chi connectivity index (χ0) is 54.7. The van der Waals surface area contributed by atoms with Gasteiger partial charge in [0.2, 0.25) is 0 Å². The number of methoxy groups -OCH3 is 2. The van der Waals surface area contributed by atoms with Crippen LogP contribution in [0.5, 0.6) is 0 Å². The van der Waals surface area contributed by atoms with E-state index < -0.39 is 71.8 Å². The van der Waals surface area contributed by atoms with Crippen LogP contribution in [-0.2, 0) is 109 Å². The van der Waals surface area contributed by atoms with Gasteiger partial charge in [0.05, 0.1) is 64.5 Å². The summed E-state index contributed by atoms with van der Waals surface area (Å²) < 4.78 is 92.0. The lowest BCUT2D eigenvalue weighted by atomic mass is 9.89. The van der Waals surface area contributed by atoms with Crippen molar-refractivity contribution in [3.8, 4) is 0 Å². The summed E-state index contributed by atoms with van der Waals surface area (Å²) in [5.41, 5.74) is -0.542. The Hall–Kier alpha value is -4.86. The Kier molecular flexibility index (Phi) is 28.8. The van der Waals surface area contributed by atoms with Crippen molar-refractivity contribution in [2.24, 2.45) is 22.7 Å². The summed E-state index contributed by atoms with van der Waals surface area (Å²) in [6, 6.07) is 0. The summed E-state index contributed by atoms with van der Waals surface area (Å²) in [7, 11) is 3.15. The zero-order valence-electron chi connectivity index (χ0n) is 44.1. The molecule has 4 unspecified atom stereocenters. The summed E-state index contributed by atoms with van der Waals surface area (Å²) in [4.78, 5) is 70.4. The molecule has 2 N–H and O–H groups in total. The maximum atomic E-state index is 12.5.